The molecule has 1 aliphatic rings. The molecular formula is C19H27Cl2N5O2S. The van der Waals surface area contributed by atoms with Gasteiger partial charge in [-0.25, -0.2) is 4.98 Å². The van der Waals surface area contributed by atoms with Crippen molar-refractivity contribution in [2.24, 2.45) is 5.73 Å². The van der Waals surface area contributed by atoms with E-state index in [0.29, 0.717) is 30.8 Å². The van der Waals surface area contributed by atoms with Crippen LogP contribution < -0.4 is 11.1 Å². The Balaban J connectivity index is 0.00000210. The Morgan fingerprint density at radius 3 is 2.41 bits per heavy atom. The minimum atomic E-state index is -0.240. The molecule has 2 amide bonds. The topological polar surface area (TPSA) is 91.6 Å². The lowest BCUT2D eigenvalue weighted by Crippen LogP contribution is -2.47. The first kappa shape index (κ1) is 25.3. The van der Waals surface area contributed by atoms with E-state index in [-0.39, 0.29) is 36.6 Å². The normalized spacial score (nSPS) is 13.9. The molecule has 3 N–H and O–H groups in total. The number of carbonyl (C=O) groups excluding carboxylic acids is 2. The Bertz CT molecular complexity index is 792. The summed E-state index contributed by atoms with van der Waals surface area (Å²) in [6.45, 7) is 3.91. The Labute approximate surface area is 187 Å². The molecule has 0 bridgehead atoms. The number of thiazole rings is 1. The van der Waals surface area contributed by atoms with Crippen LogP contribution in [0.1, 0.15) is 21.1 Å². The second kappa shape index (κ2) is 12.1. The van der Waals surface area contributed by atoms with Crippen LogP contribution in [0.4, 0.5) is 5.69 Å². The Kier molecular flexibility index (Phi) is 10.6. The number of nitrogens with zero attached hydrogens (tertiary/aromatic N) is 3. The lowest BCUT2D eigenvalue weighted by atomic mass is 10.1. The third-order valence-corrected chi connectivity index (χ3v) is 5.47. The van der Waals surface area contributed by atoms with Crippen LogP contribution in [-0.2, 0) is 17.6 Å². The summed E-state index contributed by atoms with van der Waals surface area (Å²) in [5.74, 6) is -0.0921. The highest BCUT2D eigenvalue weighted by molar-refractivity contribution is 7.09. The summed E-state index contributed by atoms with van der Waals surface area (Å²) < 4.78 is 0. The molecule has 0 spiro atoms. The number of hydrogen-bond donors (Lipinski definition) is 2. The van der Waals surface area contributed by atoms with Gasteiger partial charge in [0.25, 0.3) is 5.91 Å². The molecule has 0 atom stereocenters. The Morgan fingerprint density at radius 1 is 1.14 bits per heavy atom. The Morgan fingerprint density at radius 2 is 1.79 bits per heavy atom. The lowest BCUT2D eigenvalue weighted by Gasteiger charge is -2.32. The number of carbonyl (C=O) groups is 2. The summed E-state index contributed by atoms with van der Waals surface area (Å²) in [7, 11) is 2.07. The maximum atomic E-state index is 12.4. The molecule has 1 fully saturated rings. The van der Waals surface area contributed by atoms with Gasteiger partial charge in [-0.05, 0) is 31.3 Å². The van der Waals surface area contributed by atoms with Crippen molar-refractivity contribution >= 4 is 53.7 Å². The highest BCUT2D eigenvalue weighted by Crippen LogP contribution is 2.15. The SMILES string of the molecule is CN1CCN(C(=O)Cc2ccc(NC(=O)c3csc(CCN)n3)cc2)CC1.Cl.Cl. The number of piperazine rings is 1. The van der Waals surface area contributed by atoms with Gasteiger partial charge < -0.3 is 20.9 Å². The summed E-state index contributed by atoms with van der Waals surface area (Å²) in [5.41, 5.74) is 7.53. The van der Waals surface area contributed by atoms with Gasteiger partial charge >= 0.3 is 0 Å². The van der Waals surface area contributed by atoms with Gasteiger partial charge in [0.2, 0.25) is 5.91 Å². The van der Waals surface area contributed by atoms with Gasteiger partial charge in [0.05, 0.1) is 11.4 Å². The molecule has 10 heteroatoms. The largest absolute Gasteiger partial charge is 0.340 e. The van der Waals surface area contributed by atoms with E-state index in [2.05, 4.69) is 22.2 Å². The van der Waals surface area contributed by atoms with E-state index >= 15 is 0 Å². The molecular weight excluding hydrogens is 433 g/mol. The van der Waals surface area contributed by atoms with Crippen molar-refractivity contribution in [1.82, 2.24) is 14.8 Å². The average Bonchev–Trinajstić information content (AvgIpc) is 3.13. The van der Waals surface area contributed by atoms with Gasteiger partial charge in [0, 0.05) is 43.7 Å². The number of aromatic nitrogens is 1. The molecule has 1 aromatic heterocycles. The van der Waals surface area contributed by atoms with Crippen LogP contribution in [-0.4, -0.2) is 66.4 Å². The van der Waals surface area contributed by atoms with Gasteiger partial charge in [-0.3, -0.25) is 9.59 Å². The number of halogens is 2. The van der Waals surface area contributed by atoms with Crippen LogP contribution in [0.5, 0.6) is 0 Å². The van der Waals surface area contributed by atoms with E-state index in [1.54, 1.807) is 5.38 Å². The molecule has 1 aromatic carbocycles. The summed E-state index contributed by atoms with van der Waals surface area (Å²) in [5, 5.41) is 5.44. The highest BCUT2D eigenvalue weighted by atomic mass is 35.5. The quantitative estimate of drug-likeness (QED) is 0.689. The fraction of sp³-hybridized carbons (Fsp3) is 0.421. The predicted molar refractivity (Wildman–Crippen MR) is 122 cm³/mol. The van der Waals surface area contributed by atoms with Gasteiger partial charge in [-0.2, -0.15) is 0 Å². The molecule has 7 nitrogen and oxygen atoms in total. The molecule has 2 aromatic rings. The number of nitrogens with one attached hydrogen (secondary N) is 1. The van der Waals surface area contributed by atoms with Crippen LogP contribution in [0.15, 0.2) is 29.6 Å². The average molecular weight is 460 g/mol. The van der Waals surface area contributed by atoms with E-state index in [1.165, 1.54) is 11.3 Å². The first-order valence-electron chi connectivity index (χ1n) is 9.06. The number of hydrogen-bond acceptors (Lipinski definition) is 6. The zero-order chi connectivity index (χ0) is 19.2. The van der Waals surface area contributed by atoms with Crippen molar-refractivity contribution in [1.29, 1.82) is 0 Å². The molecule has 160 valence electrons. The molecule has 1 aliphatic heterocycles. The second-order valence-corrected chi connectivity index (χ2v) is 7.62. The number of rotatable bonds is 6. The summed E-state index contributed by atoms with van der Waals surface area (Å²) in [6.07, 6.45) is 1.06. The summed E-state index contributed by atoms with van der Waals surface area (Å²) >= 11 is 1.44. The van der Waals surface area contributed by atoms with E-state index in [9.17, 15) is 9.59 Å². The zero-order valence-electron chi connectivity index (χ0n) is 16.3. The first-order chi connectivity index (χ1) is 13.0. The van der Waals surface area contributed by atoms with Crippen molar-refractivity contribution in [2.75, 3.05) is 45.1 Å². The molecule has 3 rings (SSSR count). The monoisotopic (exact) mass is 459 g/mol. The van der Waals surface area contributed by atoms with Crippen molar-refractivity contribution in [2.45, 2.75) is 12.8 Å². The van der Waals surface area contributed by atoms with Gasteiger partial charge in [-0.1, -0.05) is 12.1 Å². The fourth-order valence-corrected chi connectivity index (χ4v) is 3.69. The molecule has 0 saturated carbocycles. The fourth-order valence-electron chi connectivity index (χ4n) is 2.90. The summed E-state index contributed by atoms with van der Waals surface area (Å²) in [6, 6.07) is 7.39. The molecule has 2 heterocycles. The Hall–Kier alpha value is -1.71. The maximum Gasteiger partial charge on any atom is 0.275 e. The first-order valence-corrected chi connectivity index (χ1v) is 9.94. The van der Waals surface area contributed by atoms with Crippen LogP contribution in [0.2, 0.25) is 0 Å². The minimum absolute atomic E-state index is 0. The highest BCUT2D eigenvalue weighted by Gasteiger charge is 2.19. The second-order valence-electron chi connectivity index (χ2n) is 6.68. The van der Waals surface area contributed by atoms with Crippen LogP contribution >= 0.6 is 36.2 Å². The molecule has 1 saturated heterocycles. The third kappa shape index (κ3) is 7.24. The van der Waals surface area contributed by atoms with Crippen LogP contribution in [0.3, 0.4) is 0 Å². The van der Waals surface area contributed by atoms with E-state index in [0.717, 1.165) is 36.8 Å². The summed E-state index contributed by atoms with van der Waals surface area (Å²) in [4.78, 5) is 33.1. The smallest absolute Gasteiger partial charge is 0.275 e. The number of benzene rings is 1. The third-order valence-electron chi connectivity index (χ3n) is 4.57. The van der Waals surface area contributed by atoms with Crippen molar-refractivity contribution in [3.8, 4) is 0 Å². The van der Waals surface area contributed by atoms with Crippen molar-refractivity contribution in [3.63, 3.8) is 0 Å². The minimum Gasteiger partial charge on any atom is -0.340 e. The van der Waals surface area contributed by atoms with Gasteiger partial charge in [-0.15, -0.1) is 36.2 Å². The zero-order valence-corrected chi connectivity index (χ0v) is 18.7. The molecule has 0 unspecified atom stereocenters. The number of nitrogens with two attached hydrogens (primary N) is 1. The maximum absolute atomic E-state index is 12.4. The number of amides is 2. The van der Waals surface area contributed by atoms with E-state index in [4.69, 9.17) is 5.73 Å². The van der Waals surface area contributed by atoms with Crippen LogP contribution in [0.25, 0.3) is 0 Å². The van der Waals surface area contributed by atoms with Crippen molar-refractivity contribution < 1.29 is 9.59 Å². The van der Waals surface area contributed by atoms with Gasteiger partial charge in [0.1, 0.15) is 5.69 Å². The van der Waals surface area contributed by atoms with Crippen LogP contribution in [0, 0.1) is 0 Å². The van der Waals surface area contributed by atoms with E-state index in [1.807, 2.05) is 29.2 Å². The molecule has 29 heavy (non-hydrogen) atoms. The standard InChI is InChI=1S/C19H25N5O2S.2ClH/c1-23-8-10-24(11-9-23)18(25)12-14-2-4-15(5-3-14)21-19(26)16-13-27-17(22-16)6-7-20;;/h2-5,13H,6-12,20H2,1H3,(H,21,26);2*1H. The molecule has 0 aliphatic carbocycles. The van der Waals surface area contributed by atoms with E-state index < -0.39 is 0 Å². The molecule has 0 radical (unpaired) electrons. The lowest BCUT2D eigenvalue weighted by molar-refractivity contribution is -0.132. The number of likely N-dealkylation sites (N-methyl/N-ethyl adjacent to an activating group) is 1. The predicted octanol–water partition coefficient (Wildman–Crippen LogP) is 2.06. The van der Waals surface area contributed by atoms with Crippen molar-refractivity contribution in [3.05, 3.63) is 45.9 Å². The number of anilines is 1. The van der Waals surface area contributed by atoms with Gasteiger partial charge in [0.15, 0.2) is 0 Å².